The van der Waals surface area contributed by atoms with E-state index in [9.17, 15) is 19.1 Å². The van der Waals surface area contributed by atoms with Crippen LogP contribution in [-0.2, 0) is 9.53 Å². The van der Waals surface area contributed by atoms with Gasteiger partial charge in [-0.25, -0.2) is 9.18 Å². The highest BCUT2D eigenvalue weighted by Crippen LogP contribution is 2.23. The third-order valence-corrected chi connectivity index (χ3v) is 3.52. The molecule has 1 heterocycles. The zero-order chi connectivity index (χ0) is 15.5. The Morgan fingerprint density at radius 1 is 1.38 bits per heavy atom. The number of carbonyl (C=O) groups is 2. The molecular weight excluding hydrogens is 281 g/mol. The van der Waals surface area contributed by atoms with E-state index >= 15 is 0 Å². The van der Waals surface area contributed by atoms with Crippen molar-refractivity contribution in [2.75, 3.05) is 20.3 Å². The molecule has 0 spiro atoms. The lowest BCUT2D eigenvalue weighted by Crippen LogP contribution is -2.57. The maximum Gasteiger partial charge on any atom is 0.329 e. The van der Waals surface area contributed by atoms with Crippen LogP contribution in [0.2, 0.25) is 0 Å². The van der Waals surface area contributed by atoms with Gasteiger partial charge < -0.3 is 19.9 Å². The minimum Gasteiger partial charge on any atom is -0.494 e. The van der Waals surface area contributed by atoms with Gasteiger partial charge in [-0.05, 0) is 18.2 Å². The van der Waals surface area contributed by atoms with Crippen LogP contribution >= 0.6 is 0 Å². The van der Waals surface area contributed by atoms with Crippen molar-refractivity contribution in [2.45, 2.75) is 18.4 Å². The summed E-state index contributed by atoms with van der Waals surface area (Å²) in [5, 5.41) is 11.9. The second-order valence-corrected chi connectivity index (χ2v) is 4.80. The second-order valence-electron chi connectivity index (χ2n) is 4.80. The maximum absolute atomic E-state index is 13.3. The Bertz CT molecular complexity index is 554. The molecule has 1 amide bonds. The summed E-state index contributed by atoms with van der Waals surface area (Å²) in [5.74, 6) is -2.35. The minimum absolute atomic E-state index is 0.0704. The molecule has 0 radical (unpaired) electrons. The molecule has 7 heteroatoms. The first-order valence-corrected chi connectivity index (χ1v) is 6.46. The van der Waals surface area contributed by atoms with E-state index in [-0.39, 0.29) is 37.4 Å². The molecular formula is C14H16FNO5. The number of benzene rings is 1. The van der Waals surface area contributed by atoms with Crippen LogP contribution < -0.4 is 10.1 Å². The van der Waals surface area contributed by atoms with E-state index in [0.29, 0.717) is 0 Å². The van der Waals surface area contributed by atoms with Crippen LogP contribution in [0.3, 0.4) is 0 Å². The molecule has 0 aromatic heterocycles. The summed E-state index contributed by atoms with van der Waals surface area (Å²) < 4.78 is 23.3. The second kappa shape index (κ2) is 6.09. The molecule has 1 aliphatic rings. The zero-order valence-corrected chi connectivity index (χ0v) is 11.5. The number of hydrogen-bond donors (Lipinski definition) is 2. The number of halogens is 1. The molecule has 1 fully saturated rings. The fourth-order valence-corrected chi connectivity index (χ4v) is 2.20. The van der Waals surface area contributed by atoms with Crippen LogP contribution in [0, 0.1) is 5.82 Å². The predicted octanol–water partition coefficient (Wildman–Crippen LogP) is 1.20. The molecule has 21 heavy (non-hydrogen) atoms. The van der Waals surface area contributed by atoms with Crippen LogP contribution in [0.15, 0.2) is 18.2 Å². The van der Waals surface area contributed by atoms with Gasteiger partial charge in [-0.15, -0.1) is 0 Å². The van der Waals surface area contributed by atoms with Crippen molar-refractivity contribution in [3.63, 3.8) is 0 Å². The highest BCUT2D eigenvalue weighted by molar-refractivity contribution is 5.98. The number of rotatable bonds is 4. The van der Waals surface area contributed by atoms with Gasteiger partial charge in [0.1, 0.15) is 5.54 Å². The topological polar surface area (TPSA) is 84.9 Å². The molecule has 114 valence electrons. The van der Waals surface area contributed by atoms with Gasteiger partial charge in [0.2, 0.25) is 0 Å². The molecule has 1 aliphatic heterocycles. The number of aliphatic carboxylic acids is 1. The van der Waals surface area contributed by atoms with E-state index in [1.807, 2.05) is 0 Å². The van der Waals surface area contributed by atoms with Gasteiger partial charge in [0.25, 0.3) is 5.91 Å². The lowest BCUT2D eigenvalue weighted by molar-refractivity contribution is -0.148. The smallest absolute Gasteiger partial charge is 0.329 e. The molecule has 1 saturated heterocycles. The number of carbonyl (C=O) groups excluding carboxylic acids is 1. The van der Waals surface area contributed by atoms with E-state index in [4.69, 9.17) is 9.47 Å². The Kier molecular flexibility index (Phi) is 4.42. The SMILES string of the molecule is COc1cc(C(=O)NC2(C(=O)O)CCOCC2)ccc1F. The number of hydrogen-bond acceptors (Lipinski definition) is 4. The van der Waals surface area contributed by atoms with Crippen molar-refractivity contribution < 1.29 is 28.6 Å². The van der Waals surface area contributed by atoms with Crippen molar-refractivity contribution in [1.29, 1.82) is 0 Å². The molecule has 0 aliphatic carbocycles. The first-order valence-electron chi connectivity index (χ1n) is 6.46. The van der Waals surface area contributed by atoms with Gasteiger partial charge in [-0.1, -0.05) is 0 Å². The number of ether oxygens (including phenoxy) is 2. The van der Waals surface area contributed by atoms with Crippen molar-refractivity contribution in [2.24, 2.45) is 0 Å². The van der Waals surface area contributed by atoms with E-state index < -0.39 is 23.2 Å². The van der Waals surface area contributed by atoms with E-state index in [1.165, 1.54) is 19.2 Å². The number of carboxylic acid groups (broad SMARTS) is 1. The molecule has 2 N–H and O–H groups in total. The molecule has 0 unspecified atom stereocenters. The number of nitrogens with one attached hydrogen (secondary N) is 1. The third-order valence-electron chi connectivity index (χ3n) is 3.52. The number of carboxylic acids is 1. The molecule has 2 rings (SSSR count). The van der Waals surface area contributed by atoms with Crippen molar-refractivity contribution in [3.05, 3.63) is 29.6 Å². The van der Waals surface area contributed by atoms with E-state index in [2.05, 4.69) is 5.32 Å². The summed E-state index contributed by atoms with van der Waals surface area (Å²) in [7, 11) is 1.29. The zero-order valence-electron chi connectivity index (χ0n) is 11.5. The molecule has 1 aromatic rings. The summed E-state index contributed by atoms with van der Waals surface area (Å²) >= 11 is 0. The van der Waals surface area contributed by atoms with Gasteiger partial charge in [-0.2, -0.15) is 0 Å². The summed E-state index contributed by atoms with van der Waals surface area (Å²) in [6.45, 7) is 0.526. The quantitative estimate of drug-likeness (QED) is 0.872. The van der Waals surface area contributed by atoms with Crippen molar-refractivity contribution in [1.82, 2.24) is 5.32 Å². The predicted molar refractivity (Wildman–Crippen MR) is 70.8 cm³/mol. The molecule has 1 aromatic carbocycles. The number of methoxy groups -OCH3 is 1. The van der Waals surface area contributed by atoms with E-state index in [1.54, 1.807) is 0 Å². The first kappa shape index (κ1) is 15.2. The van der Waals surface area contributed by atoms with E-state index in [0.717, 1.165) is 6.07 Å². The Hall–Kier alpha value is -2.15. The van der Waals surface area contributed by atoms with Gasteiger partial charge in [0, 0.05) is 31.6 Å². The maximum atomic E-state index is 13.3. The standard InChI is InChI=1S/C14H16FNO5/c1-20-11-8-9(2-3-10(11)15)12(17)16-14(13(18)19)4-6-21-7-5-14/h2-3,8H,4-7H2,1H3,(H,16,17)(H,18,19). The van der Waals surface area contributed by atoms with Crippen LogP contribution in [0.25, 0.3) is 0 Å². The first-order chi connectivity index (χ1) is 9.98. The van der Waals surface area contributed by atoms with Crippen molar-refractivity contribution >= 4 is 11.9 Å². The van der Waals surface area contributed by atoms with Gasteiger partial charge in [-0.3, -0.25) is 4.79 Å². The van der Waals surface area contributed by atoms with Crippen LogP contribution in [-0.4, -0.2) is 42.8 Å². The van der Waals surface area contributed by atoms with Crippen molar-refractivity contribution in [3.8, 4) is 5.75 Å². The monoisotopic (exact) mass is 297 g/mol. The summed E-state index contributed by atoms with van der Waals surface area (Å²) in [4.78, 5) is 23.7. The van der Waals surface area contributed by atoms with Crippen LogP contribution in [0.5, 0.6) is 5.75 Å². The minimum atomic E-state index is -1.35. The summed E-state index contributed by atoms with van der Waals surface area (Å²) in [6, 6.07) is 3.62. The lowest BCUT2D eigenvalue weighted by Gasteiger charge is -2.33. The van der Waals surface area contributed by atoms with Gasteiger partial charge in [0.05, 0.1) is 7.11 Å². The van der Waals surface area contributed by atoms with Crippen LogP contribution in [0.1, 0.15) is 23.2 Å². The lowest BCUT2D eigenvalue weighted by atomic mass is 9.89. The third kappa shape index (κ3) is 3.13. The highest BCUT2D eigenvalue weighted by atomic mass is 19.1. The summed E-state index contributed by atoms with van der Waals surface area (Å²) in [5.41, 5.74) is -1.21. The fraction of sp³-hybridized carbons (Fsp3) is 0.429. The largest absolute Gasteiger partial charge is 0.494 e. The normalized spacial score (nSPS) is 17.0. The highest BCUT2D eigenvalue weighted by Gasteiger charge is 2.41. The Morgan fingerprint density at radius 2 is 2.05 bits per heavy atom. The molecule has 0 saturated carbocycles. The van der Waals surface area contributed by atoms with Crippen LogP contribution in [0.4, 0.5) is 4.39 Å². The van der Waals surface area contributed by atoms with Gasteiger partial charge in [0.15, 0.2) is 11.6 Å². The fourth-order valence-electron chi connectivity index (χ4n) is 2.20. The van der Waals surface area contributed by atoms with Gasteiger partial charge >= 0.3 is 5.97 Å². The average Bonchev–Trinajstić information content (AvgIpc) is 2.48. The Morgan fingerprint density at radius 3 is 2.62 bits per heavy atom. The molecule has 0 atom stereocenters. The Labute approximate surface area is 120 Å². The Balaban J connectivity index is 2.21. The molecule has 6 nitrogen and oxygen atoms in total. The average molecular weight is 297 g/mol. The summed E-state index contributed by atoms with van der Waals surface area (Å²) in [6.07, 6.45) is 0.374. The number of amides is 1. The molecule has 0 bridgehead atoms.